The van der Waals surface area contributed by atoms with Crippen molar-refractivity contribution < 1.29 is 8.95 Å². The van der Waals surface area contributed by atoms with Gasteiger partial charge in [0.1, 0.15) is 29.7 Å². The van der Waals surface area contributed by atoms with Crippen molar-refractivity contribution in [1.29, 1.82) is 0 Å². The lowest BCUT2D eigenvalue weighted by atomic mass is 10.1. The van der Waals surface area contributed by atoms with Gasteiger partial charge in [-0.1, -0.05) is 0 Å². The topological polar surface area (TPSA) is 85.7 Å². The molecule has 8 heteroatoms. The maximum absolute atomic E-state index is 13.4. The van der Waals surface area contributed by atoms with E-state index in [2.05, 4.69) is 28.3 Å². The van der Waals surface area contributed by atoms with Crippen molar-refractivity contribution in [3.63, 3.8) is 0 Å². The summed E-state index contributed by atoms with van der Waals surface area (Å²) in [7, 11) is -1.06. The first-order chi connectivity index (χ1) is 14.8. The summed E-state index contributed by atoms with van der Waals surface area (Å²) in [5.74, 6) is 2.00. The molecule has 31 heavy (non-hydrogen) atoms. The van der Waals surface area contributed by atoms with Crippen molar-refractivity contribution in [1.82, 2.24) is 14.5 Å². The average molecular weight is 444 g/mol. The fraction of sp³-hybridized carbons (Fsp3) is 0.565. The summed E-state index contributed by atoms with van der Waals surface area (Å²) >= 11 is 0. The minimum absolute atomic E-state index is 0.105. The van der Waals surface area contributed by atoms with Crippen LogP contribution in [0, 0.1) is 0 Å². The van der Waals surface area contributed by atoms with E-state index >= 15 is 0 Å². The number of nitrogens with two attached hydrogens (primary N) is 1. The second kappa shape index (κ2) is 9.12. The van der Waals surface area contributed by atoms with Crippen LogP contribution in [0.3, 0.4) is 0 Å². The number of likely N-dealkylation sites (tertiary alicyclic amines) is 1. The highest BCUT2D eigenvalue weighted by molar-refractivity contribution is 7.85. The zero-order chi connectivity index (χ0) is 22.1. The molecule has 0 aliphatic carbocycles. The molecule has 1 saturated heterocycles. The molecule has 4 rings (SSSR count). The van der Waals surface area contributed by atoms with Gasteiger partial charge in [0.05, 0.1) is 22.9 Å². The molecule has 3 heterocycles. The zero-order valence-corrected chi connectivity index (χ0v) is 19.7. The molecule has 0 radical (unpaired) electrons. The van der Waals surface area contributed by atoms with Crippen molar-refractivity contribution in [2.75, 3.05) is 19.7 Å². The van der Waals surface area contributed by atoms with E-state index in [1.54, 1.807) is 0 Å². The Morgan fingerprint density at radius 2 is 1.97 bits per heavy atom. The fourth-order valence-electron chi connectivity index (χ4n) is 4.26. The lowest BCUT2D eigenvalue weighted by molar-refractivity contribution is 0.187. The third-order valence-electron chi connectivity index (χ3n) is 5.96. The largest absolute Gasteiger partial charge is 0.491 e. The molecule has 1 fully saturated rings. The second-order valence-corrected chi connectivity index (χ2v) is 10.6. The molecule has 2 aliphatic heterocycles. The van der Waals surface area contributed by atoms with Crippen LogP contribution in [0.4, 0.5) is 0 Å². The van der Waals surface area contributed by atoms with Gasteiger partial charge in [-0.15, -0.1) is 0 Å². The summed E-state index contributed by atoms with van der Waals surface area (Å²) in [6.07, 6.45) is 3.85. The Hall–Kier alpha value is -2.19. The number of benzene rings is 1. The Bertz CT molecular complexity index is 990. The molecular weight excluding hydrogens is 410 g/mol. The van der Waals surface area contributed by atoms with E-state index in [1.807, 2.05) is 38.2 Å². The quantitative estimate of drug-likeness (QED) is 0.567. The number of hydrogen-bond acceptors (Lipinski definition) is 5. The van der Waals surface area contributed by atoms with E-state index in [9.17, 15) is 4.21 Å². The maximum Gasteiger partial charge on any atom is 0.146 e. The first kappa shape index (κ1) is 22.0. The Labute approximate surface area is 187 Å². The van der Waals surface area contributed by atoms with Gasteiger partial charge in [0.2, 0.25) is 0 Å². The predicted molar refractivity (Wildman–Crippen MR) is 125 cm³/mol. The number of rotatable bonds is 5. The third kappa shape index (κ3) is 4.70. The third-order valence-corrected chi connectivity index (χ3v) is 7.76. The summed E-state index contributed by atoms with van der Waals surface area (Å²) in [5.41, 5.74) is 7.70. The van der Waals surface area contributed by atoms with Gasteiger partial charge in [0.15, 0.2) is 0 Å². The van der Waals surface area contributed by atoms with Gasteiger partial charge in [0, 0.05) is 28.4 Å². The smallest absolute Gasteiger partial charge is 0.146 e. The Balaban J connectivity index is 1.62. The van der Waals surface area contributed by atoms with Crippen LogP contribution in [0.2, 0.25) is 0 Å². The average Bonchev–Trinajstić information content (AvgIpc) is 3.10. The van der Waals surface area contributed by atoms with E-state index in [0.29, 0.717) is 30.7 Å². The first-order valence-electron chi connectivity index (χ1n) is 11.2. The minimum Gasteiger partial charge on any atom is -0.491 e. The molecule has 0 saturated carbocycles. The molecule has 168 valence electrons. The summed E-state index contributed by atoms with van der Waals surface area (Å²) < 4.78 is 21.4. The molecule has 2 aliphatic rings. The van der Waals surface area contributed by atoms with Crippen LogP contribution in [0.25, 0.3) is 11.4 Å². The van der Waals surface area contributed by atoms with Crippen molar-refractivity contribution in [2.45, 2.75) is 69.3 Å². The molecule has 0 amide bonds. The van der Waals surface area contributed by atoms with Crippen LogP contribution in [0.15, 0.2) is 34.3 Å². The van der Waals surface area contributed by atoms with Crippen LogP contribution < -0.4 is 10.5 Å². The molecule has 1 atom stereocenters. The highest BCUT2D eigenvalue weighted by Crippen LogP contribution is 2.35. The number of aromatic nitrogens is 2. The van der Waals surface area contributed by atoms with Gasteiger partial charge in [-0.25, -0.2) is 4.98 Å². The summed E-state index contributed by atoms with van der Waals surface area (Å²) in [6.45, 7) is 11.7. The van der Waals surface area contributed by atoms with Crippen LogP contribution >= 0.6 is 0 Å². The fourth-order valence-corrected chi connectivity index (χ4v) is 5.72. The number of fused-ring (bicyclic) bond motifs is 3. The molecule has 0 spiro atoms. The van der Waals surface area contributed by atoms with E-state index in [1.165, 1.54) is 0 Å². The number of piperidine rings is 1. The number of nitrogens with zero attached hydrogens (tertiary/aromatic N) is 4. The summed E-state index contributed by atoms with van der Waals surface area (Å²) in [6, 6.07) is 6.51. The van der Waals surface area contributed by atoms with Crippen molar-refractivity contribution in [3.05, 3.63) is 30.1 Å². The lowest BCUT2D eigenvalue weighted by Gasteiger charge is -2.34. The highest BCUT2D eigenvalue weighted by Gasteiger charge is 2.27. The first-order valence-corrected chi connectivity index (χ1v) is 12.4. The van der Waals surface area contributed by atoms with E-state index in [-0.39, 0.29) is 11.3 Å². The number of ether oxygens (including phenoxy) is 1. The van der Waals surface area contributed by atoms with Gasteiger partial charge in [-0.3, -0.25) is 9.20 Å². The normalized spacial score (nSPS) is 19.1. The minimum atomic E-state index is -1.06. The maximum atomic E-state index is 13.4. The van der Waals surface area contributed by atoms with E-state index in [4.69, 9.17) is 15.5 Å². The van der Waals surface area contributed by atoms with Crippen LogP contribution in [-0.4, -0.2) is 61.5 Å². The predicted octanol–water partition coefficient (Wildman–Crippen LogP) is 3.04. The van der Waals surface area contributed by atoms with Crippen molar-refractivity contribution in [2.24, 2.45) is 10.7 Å². The van der Waals surface area contributed by atoms with Crippen molar-refractivity contribution >= 4 is 16.6 Å². The summed E-state index contributed by atoms with van der Waals surface area (Å²) in [5, 5.41) is 0.184. The van der Waals surface area contributed by atoms with E-state index < -0.39 is 10.8 Å². The molecule has 0 bridgehead atoms. The van der Waals surface area contributed by atoms with Crippen molar-refractivity contribution in [3.8, 4) is 17.1 Å². The van der Waals surface area contributed by atoms with Gasteiger partial charge in [0.25, 0.3) is 0 Å². The van der Waals surface area contributed by atoms with E-state index in [0.717, 1.165) is 48.0 Å². The number of imidazole rings is 1. The zero-order valence-electron chi connectivity index (χ0n) is 18.9. The molecular formula is C23H33N5O2S. The summed E-state index contributed by atoms with van der Waals surface area (Å²) in [4.78, 5) is 12.5. The monoisotopic (exact) mass is 443 g/mol. The molecule has 2 aromatic rings. The highest BCUT2D eigenvalue weighted by atomic mass is 32.2. The number of aliphatic imine (C=N–C) groups is 1. The van der Waals surface area contributed by atoms with Gasteiger partial charge < -0.3 is 19.9 Å². The molecule has 2 N–H and O–H groups in total. The standard InChI is InChI=1S/C23H33N5O2S/c1-15(2)25-22(24)20-14-28-11-12-30-21-6-5-18(13-19(21)23(28)26-20)31(29)17-7-9-27(10-8-17)16(3)4/h5-6,13-17H,7-12H2,1-4H3,(H2,24,25). The molecule has 1 unspecified atom stereocenters. The van der Waals surface area contributed by atoms with Gasteiger partial charge in [-0.05, 0) is 71.8 Å². The van der Waals surface area contributed by atoms with Gasteiger partial charge in [-0.2, -0.15) is 0 Å². The number of amidine groups is 1. The number of hydrogen-bond donors (Lipinski definition) is 1. The molecule has 1 aromatic carbocycles. The molecule has 1 aromatic heterocycles. The Morgan fingerprint density at radius 1 is 1.23 bits per heavy atom. The SMILES string of the molecule is CC(C)N=C(N)c1cn2c(n1)-c1cc(S(=O)C3CCN(C(C)C)CC3)ccc1OCC2. The Morgan fingerprint density at radius 3 is 2.65 bits per heavy atom. The Kier molecular flexibility index (Phi) is 6.48. The van der Waals surface area contributed by atoms with Crippen LogP contribution in [-0.2, 0) is 17.3 Å². The van der Waals surface area contributed by atoms with Crippen LogP contribution in [0.5, 0.6) is 5.75 Å². The lowest BCUT2D eigenvalue weighted by Crippen LogP contribution is -2.41. The molecule has 7 nitrogen and oxygen atoms in total. The second-order valence-electron chi connectivity index (χ2n) is 8.88. The van der Waals surface area contributed by atoms with Gasteiger partial charge >= 0.3 is 0 Å². The van der Waals surface area contributed by atoms with Crippen LogP contribution in [0.1, 0.15) is 46.2 Å².